The number of carbonyl (C=O) groups is 1. The first-order valence-electron chi connectivity index (χ1n) is 7.65. The molecule has 0 aliphatic carbocycles. The zero-order valence-corrected chi connectivity index (χ0v) is 15.5. The molecule has 0 atom stereocenters. The van der Waals surface area contributed by atoms with E-state index in [4.69, 9.17) is 16.7 Å². The van der Waals surface area contributed by atoms with Gasteiger partial charge in [0.15, 0.2) is 0 Å². The van der Waals surface area contributed by atoms with Gasteiger partial charge in [-0.1, -0.05) is 17.7 Å². The molecule has 2 rings (SSSR count). The van der Waals surface area contributed by atoms with Crippen LogP contribution in [0.2, 0.25) is 5.02 Å². The summed E-state index contributed by atoms with van der Waals surface area (Å²) < 4.78 is 0. The highest BCUT2D eigenvalue weighted by molar-refractivity contribution is 7.99. The largest absolute Gasteiger partial charge is 0.396 e. The van der Waals surface area contributed by atoms with E-state index in [2.05, 4.69) is 5.32 Å². The molecule has 1 amide bonds. The Morgan fingerprint density at radius 3 is 2.63 bits per heavy atom. The number of hydrogen-bond donors (Lipinski definition) is 2. The summed E-state index contributed by atoms with van der Waals surface area (Å²) in [6.45, 7) is -0.104. The lowest BCUT2D eigenvalue weighted by Gasteiger charge is -2.05. The molecular formula is C18H14ClN3O4S. The number of halogens is 1. The third-order valence-corrected chi connectivity index (χ3v) is 4.60. The van der Waals surface area contributed by atoms with Crippen molar-refractivity contribution in [2.24, 2.45) is 0 Å². The summed E-state index contributed by atoms with van der Waals surface area (Å²) >= 11 is 6.93. The van der Waals surface area contributed by atoms with Crippen molar-refractivity contribution in [3.05, 3.63) is 68.7 Å². The van der Waals surface area contributed by atoms with E-state index in [-0.39, 0.29) is 17.9 Å². The fourth-order valence-electron chi connectivity index (χ4n) is 2.09. The van der Waals surface area contributed by atoms with Gasteiger partial charge in [0.2, 0.25) is 0 Å². The number of anilines is 1. The van der Waals surface area contributed by atoms with Gasteiger partial charge in [-0.05, 0) is 42.0 Å². The van der Waals surface area contributed by atoms with Crippen LogP contribution in [0.5, 0.6) is 0 Å². The average molecular weight is 404 g/mol. The third-order valence-electron chi connectivity index (χ3n) is 3.31. The van der Waals surface area contributed by atoms with E-state index in [9.17, 15) is 20.2 Å². The Labute approximate surface area is 164 Å². The zero-order valence-electron chi connectivity index (χ0n) is 13.9. The number of thioether (sulfide) groups is 1. The van der Waals surface area contributed by atoms with Gasteiger partial charge in [-0.2, -0.15) is 5.26 Å². The molecule has 138 valence electrons. The highest BCUT2D eigenvalue weighted by atomic mass is 35.5. The van der Waals surface area contributed by atoms with Crippen molar-refractivity contribution >= 4 is 46.7 Å². The van der Waals surface area contributed by atoms with Crippen LogP contribution in [-0.4, -0.2) is 28.3 Å². The van der Waals surface area contributed by atoms with Gasteiger partial charge in [0.05, 0.1) is 16.4 Å². The summed E-state index contributed by atoms with van der Waals surface area (Å²) in [6.07, 6.45) is 1.28. The second-order valence-electron chi connectivity index (χ2n) is 5.19. The molecule has 0 saturated carbocycles. The van der Waals surface area contributed by atoms with E-state index in [0.717, 1.165) is 11.8 Å². The van der Waals surface area contributed by atoms with Crippen LogP contribution in [0.25, 0.3) is 6.08 Å². The van der Waals surface area contributed by atoms with Gasteiger partial charge in [-0.25, -0.2) is 0 Å². The molecule has 0 bridgehead atoms. The fraction of sp³-hybridized carbons (Fsp3) is 0.111. The summed E-state index contributed by atoms with van der Waals surface area (Å²) in [6, 6.07) is 12.5. The highest BCUT2D eigenvalue weighted by Gasteiger charge is 2.16. The van der Waals surface area contributed by atoms with Gasteiger partial charge < -0.3 is 10.4 Å². The predicted octanol–water partition coefficient (Wildman–Crippen LogP) is 3.88. The van der Waals surface area contributed by atoms with Crippen molar-refractivity contribution in [1.82, 2.24) is 0 Å². The third kappa shape index (κ3) is 5.82. The summed E-state index contributed by atoms with van der Waals surface area (Å²) in [5.74, 6) is -0.315. The van der Waals surface area contributed by atoms with Gasteiger partial charge in [-0.3, -0.25) is 14.9 Å². The minimum absolute atomic E-state index is 0.104. The van der Waals surface area contributed by atoms with Crippen molar-refractivity contribution in [1.29, 1.82) is 5.26 Å². The van der Waals surface area contributed by atoms with E-state index < -0.39 is 10.8 Å². The Balaban J connectivity index is 2.26. The van der Waals surface area contributed by atoms with Crippen LogP contribution in [0.4, 0.5) is 11.4 Å². The molecule has 0 spiro atoms. The molecule has 0 saturated heterocycles. The molecule has 0 heterocycles. The Bertz CT molecular complexity index is 923. The molecule has 0 aromatic heterocycles. The Morgan fingerprint density at radius 2 is 2.04 bits per heavy atom. The van der Waals surface area contributed by atoms with Crippen LogP contribution in [0, 0.1) is 21.4 Å². The van der Waals surface area contributed by atoms with E-state index in [1.165, 1.54) is 18.2 Å². The number of hydrogen-bond acceptors (Lipinski definition) is 6. The first-order chi connectivity index (χ1) is 12.9. The topological polar surface area (TPSA) is 116 Å². The molecule has 2 aromatic rings. The summed E-state index contributed by atoms with van der Waals surface area (Å²) in [5, 5.41) is 32.5. The molecule has 0 fully saturated rings. The number of rotatable bonds is 7. The van der Waals surface area contributed by atoms with Crippen molar-refractivity contribution in [2.75, 3.05) is 17.7 Å². The molecule has 0 radical (unpaired) electrons. The van der Waals surface area contributed by atoms with Gasteiger partial charge in [0.1, 0.15) is 11.6 Å². The molecule has 27 heavy (non-hydrogen) atoms. The lowest BCUT2D eigenvalue weighted by Crippen LogP contribution is -2.13. The average Bonchev–Trinajstić information content (AvgIpc) is 2.66. The quantitative estimate of drug-likeness (QED) is 0.238. The fourth-order valence-corrected chi connectivity index (χ4v) is 2.97. The first-order valence-corrected chi connectivity index (χ1v) is 9.01. The minimum Gasteiger partial charge on any atom is -0.396 e. The molecule has 0 aliphatic heterocycles. The van der Waals surface area contributed by atoms with Gasteiger partial charge in [0.25, 0.3) is 11.6 Å². The highest BCUT2D eigenvalue weighted by Crippen LogP contribution is 2.30. The SMILES string of the molecule is N#C/C(=C/c1ccc(SCCO)c([N+](=O)[O-])c1)C(=O)Nc1ccc(Cl)cc1. The Morgan fingerprint density at radius 1 is 1.33 bits per heavy atom. The monoisotopic (exact) mass is 403 g/mol. The maximum absolute atomic E-state index is 12.3. The molecule has 7 nitrogen and oxygen atoms in total. The predicted molar refractivity (Wildman–Crippen MR) is 105 cm³/mol. The maximum Gasteiger partial charge on any atom is 0.283 e. The first kappa shape index (κ1) is 20.5. The molecule has 0 unspecified atom stereocenters. The van der Waals surface area contributed by atoms with Crippen molar-refractivity contribution in [3.63, 3.8) is 0 Å². The molecule has 0 aliphatic rings. The number of nitrogens with zero attached hydrogens (tertiary/aromatic N) is 2. The van der Waals surface area contributed by atoms with E-state index in [0.29, 0.717) is 26.9 Å². The molecular weight excluding hydrogens is 390 g/mol. The van der Waals surface area contributed by atoms with Crippen LogP contribution in [0.1, 0.15) is 5.56 Å². The second kappa shape index (κ2) is 9.73. The molecule has 2 aromatic carbocycles. The van der Waals surface area contributed by atoms with Crippen LogP contribution >= 0.6 is 23.4 Å². The van der Waals surface area contributed by atoms with Crippen LogP contribution in [0.15, 0.2) is 52.9 Å². The minimum atomic E-state index is -0.638. The van der Waals surface area contributed by atoms with Crippen molar-refractivity contribution in [3.8, 4) is 6.07 Å². The molecule has 2 N–H and O–H groups in total. The normalized spacial score (nSPS) is 10.9. The lowest BCUT2D eigenvalue weighted by molar-refractivity contribution is -0.387. The second-order valence-corrected chi connectivity index (χ2v) is 6.76. The molecule has 9 heteroatoms. The van der Waals surface area contributed by atoms with Gasteiger partial charge >= 0.3 is 0 Å². The van der Waals surface area contributed by atoms with Crippen LogP contribution < -0.4 is 5.32 Å². The van der Waals surface area contributed by atoms with Crippen molar-refractivity contribution < 1.29 is 14.8 Å². The zero-order chi connectivity index (χ0) is 19.8. The summed E-state index contributed by atoms with van der Waals surface area (Å²) in [4.78, 5) is 23.4. The number of aliphatic hydroxyl groups is 1. The van der Waals surface area contributed by atoms with Gasteiger partial charge in [-0.15, -0.1) is 11.8 Å². The summed E-state index contributed by atoms with van der Waals surface area (Å²) in [5.41, 5.74) is 0.456. The van der Waals surface area contributed by atoms with E-state index >= 15 is 0 Å². The maximum atomic E-state index is 12.3. The number of carbonyl (C=O) groups excluding carboxylic acids is 1. The number of nitriles is 1. The smallest absolute Gasteiger partial charge is 0.283 e. The number of aliphatic hydroxyl groups excluding tert-OH is 1. The Kier molecular flexibility index (Phi) is 7.37. The van der Waals surface area contributed by atoms with E-state index in [1.54, 1.807) is 36.4 Å². The van der Waals surface area contributed by atoms with Crippen LogP contribution in [-0.2, 0) is 4.79 Å². The number of benzene rings is 2. The standard InChI is InChI=1S/C18H14ClN3O4S/c19-14-2-4-15(5-3-14)21-18(24)13(11-20)9-12-1-6-17(27-8-7-23)16(10-12)22(25)26/h1-6,9-10,23H,7-8H2,(H,21,24)/b13-9-. The number of nitrogens with one attached hydrogen (secondary N) is 1. The van der Waals surface area contributed by atoms with Crippen molar-refractivity contribution in [2.45, 2.75) is 4.90 Å². The lowest BCUT2D eigenvalue weighted by atomic mass is 10.1. The number of nitro benzene ring substituents is 1. The van der Waals surface area contributed by atoms with Crippen LogP contribution in [0.3, 0.4) is 0 Å². The van der Waals surface area contributed by atoms with Gasteiger partial charge in [0, 0.05) is 22.5 Å². The number of amides is 1. The summed E-state index contributed by atoms with van der Waals surface area (Å²) in [7, 11) is 0. The number of nitro groups is 1. The van der Waals surface area contributed by atoms with E-state index in [1.807, 2.05) is 0 Å². The Hall–Kier alpha value is -2.86.